The van der Waals surface area contributed by atoms with E-state index in [9.17, 15) is 0 Å². The molecule has 0 aliphatic carbocycles. The van der Waals surface area contributed by atoms with E-state index in [1.165, 1.54) is 0 Å². The standard InChI is InChI=1S/C14H28N2OSi/c1-13(2,3)18(7,8)17-11-14(4,5)12-9-10-16(6)15-12/h9-10H,11H2,1-8H3. The fourth-order valence-electron chi connectivity index (χ4n) is 1.43. The Kier molecular flexibility index (Phi) is 4.13. The first-order chi connectivity index (χ1) is 7.96. The van der Waals surface area contributed by atoms with Crippen LogP contribution in [0, 0.1) is 0 Å². The van der Waals surface area contributed by atoms with Gasteiger partial charge < -0.3 is 4.43 Å². The number of rotatable bonds is 4. The van der Waals surface area contributed by atoms with Crippen LogP contribution in [0.1, 0.15) is 40.3 Å². The maximum Gasteiger partial charge on any atom is 0.192 e. The summed E-state index contributed by atoms with van der Waals surface area (Å²) in [4.78, 5) is 0. The van der Waals surface area contributed by atoms with Gasteiger partial charge in [0.15, 0.2) is 8.32 Å². The molecule has 1 aromatic rings. The average molecular weight is 268 g/mol. The van der Waals surface area contributed by atoms with Crippen LogP contribution in [0.2, 0.25) is 18.1 Å². The highest BCUT2D eigenvalue weighted by Crippen LogP contribution is 2.37. The molecule has 0 fully saturated rings. The monoisotopic (exact) mass is 268 g/mol. The summed E-state index contributed by atoms with van der Waals surface area (Å²) in [6.07, 6.45) is 1.99. The molecule has 18 heavy (non-hydrogen) atoms. The van der Waals surface area contributed by atoms with E-state index in [1.807, 2.05) is 17.9 Å². The van der Waals surface area contributed by atoms with Crippen LogP contribution in [0.25, 0.3) is 0 Å². The van der Waals surface area contributed by atoms with Crippen molar-refractivity contribution in [3.63, 3.8) is 0 Å². The van der Waals surface area contributed by atoms with E-state index in [-0.39, 0.29) is 10.5 Å². The third-order valence-electron chi connectivity index (χ3n) is 4.01. The average Bonchev–Trinajstić information content (AvgIpc) is 2.61. The van der Waals surface area contributed by atoms with Crippen molar-refractivity contribution in [2.24, 2.45) is 7.05 Å². The van der Waals surface area contributed by atoms with E-state index in [4.69, 9.17) is 4.43 Å². The topological polar surface area (TPSA) is 27.1 Å². The van der Waals surface area contributed by atoms with Crippen LogP contribution in [-0.4, -0.2) is 24.7 Å². The highest BCUT2D eigenvalue weighted by Gasteiger charge is 2.39. The van der Waals surface area contributed by atoms with Crippen molar-refractivity contribution in [2.75, 3.05) is 6.61 Å². The van der Waals surface area contributed by atoms with Crippen LogP contribution < -0.4 is 0 Å². The number of aryl methyl sites for hydroxylation is 1. The van der Waals surface area contributed by atoms with Gasteiger partial charge in [-0.3, -0.25) is 4.68 Å². The normalized spacial score (nSPS) is 14.0. The van der Waals surface area contributed by atoms with E-state index >= 15 is 0 Å². The third kappa shape index (κ3) is 3.45. The predicted molar refractivity (Wildman–Crippen MR) is 79.4 cm³/mol. The zero-order valence-corrected chi connectivity index (χ0v) is 14.2. The van der Waals surface area contributed by atoms with Gasteiger partial charge in [0.05, 0.1) is 5.69 Å². The smallest absolute Gasteiger partial charge is 0.192 e. The molecular weight excluding hydrogens is 240 g/mol. The van der Waals surface area contributed by atoms with Crippen molar-refractivity contribution in [1.29, 1.82) is 0 Å². The lowest BCUT2D eigenvalue weighted by molar-refractivity contribution is 0.216. The van der Waals surface area contributed by atoms with E-state index in [1.54, 1.807) is 0 Å². The van der Waals surface area contributed by atoms with Gasteiger partial charge in [-0.1, -0.05) is 34.6 Å². The summed E-state index contributed by atoms with van der Waals surface area (Å²) in [6.45, 7) is 16.5. The molecule has 0 N–H and O–H groups in total. The number of hydrogen-bond donors (Lipinski definition) is 0. The molecule has 1 heterocycles. The lowest BCUT2D eigenvalue weighted by atomic mass is 9.91. The molecular formula is C14H28N2OSi. The summed E-state index contributed by atoms with van der Waals surface area (Å²) in [5.74, 6) is 0. The van der Waals surface area contributed by atoms with Crippen LogP contribution in [0.3, 0.4) is 0 Å². The highest BCUT2D eigenvalue weighted by molar-refractivity contribution is 6.74. The highest BCUT2D eigenvalue weighted by atomic mass is 28.4. The minimum absolute atomic E-state index is 0.0310. The summed E-state index contributed by atoms with van der Waals surface area (Å²) in [6, 6.07) is 2.08. The molecule has 0 saturated heterocycles. The number of hydrogen-bond acceptors (Lipinski definition) is 2. The Morgan fingerprint density at radius 3 is 2.17 bits per heavy atom. The Labute approximate surface area is 113 Å². The maximum atomic E-state index is 6.31. The van der Waals surface area contributed by atoms with Crippen LogP contribution in [-0.2, 0) is 16.9 Å². The van der Waals surface area contributed by atoms with Crippen molar-refractivity contribution >= 4 is 8.32 Å². The Morgan fingerprint density at radius 1 is 1.22 bits per heavy atom. The molecule has 0 amide bonds. The summed E-state index contributed by atoms with van der Waals surface area (Å²) < 4.78 is 8.16. The fraction of sp³-hybridized carbons (Fsp3) is 0.786. The lowest BCUT2D eigenvalue weighted by Gasteiger charge is -2.38. The zero-order chi connectivity index (χ0) is 14.2. The second kappa shape index (κ2) is 4.81. The van der Waals surface area contributed by atoms with Crippen LogP contribution >= 0.6 is 0 Å². The molecule has 0 unspecified atom stereocenters. The van der Waals surface area contributed by atoms with Gasteiger partial charge in [-0.2, -0.15) is 5.10 Å². The minimum Gasteiger partial charge on any atom is -0.416 e. The summed E-state index contributed by atoms with van der Waals surface area (Å²) in [7, 11) is 0.277. The lowest BCUT2D eigenvalue weighted by Crippen LogP contribution is -2.44. The summed E-state index contributed by atoms with van der Waals surface area (Å²) in [5, 5.41) is 4.75. The van der Waals surface area contributed by atoms with Gasteiger partial charge in [-0.25, -0.2) is 0 Å². The Morgan fingerprint density at radius 2 is 1.78 bits per heavy atom. The number of aromatic nitrogens is 2. The van der Waals surface area contributed by atoms with Gasteiger partial charge in [-0.05, 0) is 24.2 Å². The maximum absolute atomic E-state index is 6.31. The molecule has 0 aromatic carbocycles. The van der Waals surface area contributed by atoms with Crippen molar-refractivity contribution in [3.05, 3.63) is 18.0 Å². The predicted octanol–water partition coefficient (Wildman–Crippen LogP) is 3.72. The van der Waals surface area contributed by atoms with Gasteiger partial charge >= 0.3 is 0 Å². The SMILES string of the molecule is Cn1ccc(C(C)(C)CO[Si](C)(C)C(C)(C)C)n1. The molecule has 4 heteroatoms. The second-order valence-corrected chi connectivity index (χ2v) is 12.1. The van der Waals surface area contributed by atoms with Gasteiger partial charge in [0.2, 0.25) is 0 Å². The first kappa shape index (κ1) is 15.4. The van der Waals surface area contributed by atoms with Crippen LogP contribution in [0.5, 0.6) is 0 Å². The molecule has 0 bridgehead atoms. The van der Waals surface area contributed by atoms with Gasteiger partial charge in [0, 0.05) is 25.3 Å². The third-order valence-corrected chi connectivity index (χ3v) is 8.49. The molecule has 3 nitrogen and oxygen atoms in total. The van der Waals surface area contributed by atoms with Crippen molar-refractivity contribution in [2.45, 2.75) is 58.2 Å². The second-order valence-electron chi connectivity index (χ2n) is 7.31. The van der Waals surface area contributed by atoms with Crippen LogP contribution in [0.4, 0.5) is 0 Å². The van der Waals surface area contributed by atoms with E-state index < -0.39 is 8.32 Å². The largest absolute Gasteiger partial charge is 0.416 e. The van der Waals surface area contributed by atoms with E-state index in [0.29, 0.717) is 0 Å². The van der Waals surface area contributed by atoms with Crippen molar-refractivity contribution < 1.29 is 4.43 Å². The molecule has 0 spiro atoms. The molecule has 104 valence electrons. The Balaban J connectivity index is 2.74. The molecule has 1 aromatic heterocycles. The first-order valence-electron chi connectivity index (χ1n) is 6.60. The number of nitrogens with zero attached hydrogens (tertiary/aromatic N) is 2. The van der Waals surface area contributed by atoms with E-state index in [0.717, 1.165) is 12.3 Å². The van der Waals surface area contributed by atoms with Gasteiger partial charge in [0.25, 0.3) is 0 Å². The molecule has 0 atom stereocenters. The fourth-order valence-corrected chi connectivity index (χ4v) is 2.58. The molecule has 0 radical (unpaired) electrons. The van der Waals surface area contributed by atoms with Gasteiger partial charge in [-0.15, -0.1) is 0 Å². The summed E-state index contributed by atoms with van der Waals surface area (Å²) >= 11 is 0. The summed E-state index contributed by atoms with van der Waals surface area (Å²) in [5.41, 5.74) is 1.07. The molecule has 0 aliphatic rings. The Bertz CT molecular complexity index is 402. The molecule has 1 rings (SSSR count). The minimum atomic E-state index is -1.68. The zero-order valence-electron chi connectivity index (χ0n) is 13.2. The molecule has 0 aliphatic heterocycles. The first-order valence-corrected chi connectivity index (χ1v) is 9.51. The van der Waals surface area contributed by atoms with Crippen molar-refractivity contribution in [1.82, 2.24) is 9.78 Å². The van der Waals surface area contributed by atoms with E-state index in [2.05, 4.69) is 58.9 Å². The molecule has 0 saturated carbocycles. The Hall–Kier alpha value is -0.613. The quantitative estimate of drug-likeness (QED) is 0.778. The van der Waals surface area contributed by atoms with Crippen molar-refractivity contribution in [3.8, 4) is 0 Å². The van der Waals surface area contributed by atoms with Gasteiger partial charge in [0.1, 0.15) is 0 Å². The van der Waals surface area contributed by atoms with Crippen LogP contribution in [0.15, 0.2) is 12.3 Å².